The maximum atomic E-state index is 12.2. The molecule has 0 saturated carbocycles. The molecule has 4 heteroatoms. The van der Waals surface area contributed by atoms with Crippen molar-refractivity contribution in [2.24, 2.45) is 0 Å². The van der Waals surface area contributed by atoms with Gasteiger partial charge in [-0.25, -0.2) is 0 Å². The quantitative estimate of drug-likeness (QED) is 0.657. The lowest BCUT2D eigenvalue weighted by atomic mass is 10.0. The molecule has 0 spiro atoms. The summed E-state index contributed by atoms with van der Waals surface area (Å²) in [4.78, 5) is 0. The van der Waals surface area contributed by atoms with Gasteiger partial charge in [-0.05, 0) is 23.6 Å². The fraction of sp³-hybridized carbons (Fsp3) is 0.400. The van der Waals surface area contributed by atoms with Crippen molar-refractivity contribution in [1.82, 2.24) is 0 Å². The Morgan fingerprint density at radius 2 is 1.79 bits per heavy atom. The third-order valence-electron chi connectivity index (χ3n) is 1.95. The molecular weight excluding hydrogens is 213 g/mol. The molecular formula is C10H10ClF3. The van der Waals surface area contributed by atoms with Crippen LogP contribution in [0, 0.1) is 0 Å². The predicted molar refractivity (Wildman–Crippen MR) is 50.5 cm³/mol. The van der Waals surface area contributed by atoms with E-state index in [2.05, 4.69) is 0 Å². The Bertz CT molecular complexity index is 329. The highest BCUT2D eigenvalue weighted by Crippen LogP contribution is 2.33. The Labute approximate surface area is 85.7 Å². The van der Waals surface area contributed by atoms with Crippen molar-refractivity contribution in [3.05, 3.63) is 34.3 Å². The standard InChI is InChI=1S/C10H10ClF3/c1-6(2)8-4-3-7(5-9(8)11)10(12,13)14/h3-6H,1-2H3. The summed E-state index contributed by atoms with van der Waals surface area (Å²) in [7, 11) is 0. The topological polar surface area (TPSA) is 0 Å². The highest BCUT2D eigenvalue weighted by Gasteiger charge is 2.30. The SMILES string of the molecule is CC(C)c1ccc(C(F)(F)F)cc1Cl. The van der Waals surface area contributed by atoms with Gasteiger partial charge in [0.05, 0.1) is 5.56 Å². The second-order valence-corrected chi connectivity index (χ2v) is 3.80. The number of rotatable bonds is 1. The van der Waals surface area contributed by atoms with Crippen molar-refractivity contribution >= 4 is 11.6 Å². The van der Waals surface area contributed by atoms with Crippen LogP contribution < -0.4 is 0 Å². The molecule has 0 heterocycles. The zero-order chi connectivity index (χ0) is 10.9. The third kappa shape index (κ3) is 2.41. The van der Waals surface area contributed by atoms with E-state index in [0.717, 1.165) is 17.7 Å². The van der Waals surface area contributed by atoms with E-state index in [9.17, 15) is 13.2 Å². The molecule has 78 valence electrons. The Morgan fingerprint density at radius 3 is 2.14 bits per heavy atom. The van der Waals surface area contributed by atoms with E-state index >= 15 is 0 Å². The molecule has 14 heavy (non-hydrogen) atoms. The van der Waals surface area contributed by atoms with Crippen LogP contribution in [-0.2, 0) is 6.18 Å². The number of halogens is 4. The molecule has 0 N–H and O–H groups in total. The molecule has 0 unspecified atom stereocenters. The van der Waals surface area contributed by atoms with Gasteiger partial charge in [-0.2, -0.15) is 13.2 Å². The van der Waals surface area contributed by atoms with Crippen molar-refractivity contribution in [2.75, 3.05) is 0 Å². The Morgan fingerprint density at radius 1 is 1.21 bits per heavy atom. The average Bonchev–Trinajstić information content (AvgIpc) is 2.01. The first-order chi connectivity index (χ1) is 6.32. The molecule has 0 radical (unpaired) electrons. The minimum Gasteiger partial charge on any atom is -0.166 e. The number of benzene rings is 1. The first-order valence-electron chi connectivity index (χ1n) is 4.19. The normalized spacial score (nSPS) is 12.2. The van der Waals surface area contributed by atoms with E-state index in [0.29, 0.717) is 0 Å². The summed E-state index contributed by atoms with van der Waals surface area (Å²) in [6.07, 6.45) is -4.32. The molecule has 0 aliphatic rings. The lowest BCUT2D eigenvalue weighted by molar-refractivity contribution is -0.137. The summed E-state index contributed by atoms with van der Waals surface area (Å²) in [6.45, 7) is 3.77. The van der Waals surface area contributed by atoms with Crippen LogP contribution in [0.15, 0.2) is 18.2 Å². The van der Waals surface area contributed by atoms with Crippen LogP contribution in [0.4, 0.5) is 13.2 Å². The zero-order valence-corrected chi connectivity index (χ0v) is 8.58. The van der Waals surface area contributed by atoms with Gasteiger partial charge in [-0.15, -0.1) is 0 Å². The molecule has 1 aromatic rings. The first kappa shape index (κ1) is 11.4. The van der Waals surface area contributed by atoms with Crippen LogP contribution in [0.5, 0.6) is 0 Å². The molecule has 0 aliphatic heterocycles. The van der Waals surface area contributed by atoms with E-state index in [1.165, 1.54) is 6.07 Å². The molecule has 0 bridgehead atoms. The molecule has 1 rings (SSSR count). The van der Waals surface area contributed by atoms with Crippen molar-refractivity contribution in [2.45, 2.75) is 25.9 Å². The van der Waals surface area contributed by atoms with Crippen LogP contribution in [0.25, 0.3) is 0 Å². The zero-order valence-electron chi connectivity index (χ0n) is 7.82. The summed E-state index contributed by atoms with van der Waals surface area (Å²) in [6, 6.07) is 3.45. The van der Waals surface area contributed by atoms with Gasteiger partial charge in [0.2, 0.25) is 0 Å². The molecule has 0 atom stereocenters. The highest BCUT2D eigenvalue weighted by atomic mass is 35.5. The van der Waals surface area contributed by atoms with Crippen LogP contribution in [0.1, 0.15) is 30.9 Å². The van der Waals surface area contributed by atoms with Crippen molar-refractivity contribution in [3.8, 4) is 0 Å². The maximum absolute atomic E-state index is 12.2. The lowest BCUT2D eigenvalue weighted by Gasteiger charge is -2.11. The number of hydrogen-bond donors (Lipinski definition) is 0. The molecule has 0 nitrogen and oxygen atoms in total. The van der Waals surface area contributed by atoms with Gasteiger partial charge in [0.15, 0.2) is 0 Å². The third-order valence-corrected chi connectivity index (χ3v) is 2.28. The Hall–Kier alpha value is -0.700. The van der Waals surface area contributed by atoms with E-state index in [1.54, 1.807) is 0 Å². The largest absolute Gasteiger partial charge is 0.416 e. The fourth-order valence-corrected chi connectivity index (χ4v) is 1.57. The van der Waals surface area contributed by atoms with Gasteiger partial charge in [-0.1, -0.05) is 31.5 Å². The van der Waals surface area contributed by atoms with Crippen molar-refractivity contribution in [3.63, 3.8) is 0 Å². The van der Waals surface area contributed by atoms with E-state index in [1.807, 2.05) is 13.8 Å². The van der Waals surface area contributed by atoms with Crippen LogP contribution >= 0.6 is 11.6 Å². The first-order valence-corrected chi connectivity index (χ1v) is 4.57. The second-order valence-electron chi connectivity index (χ2n) is 3.39. The summed E-state index contributed by atoms with van der Waals surface area (Å²) in [5.41, 5.74) is 0.0339. The van der Waals surface area contributed by atoms with E-state index in [4.69, 9.17) is 11.6 Å². The maximum Gasteiger partial charge on any atom is 0.416 e. The molecule has 0 amide bonds. The summed E-state index contributed by atoms with van der Waals surface area (Å²) < 4.78 is 36.7. The lowest BCUT2D eigenvalue weighted by Crippen LogP contribution is -2.05. The van der Waals surface area contributed by atoms with Gasteiger partial charge in [0.25, 0.3) is 0 Å². The monoisotopic (exact) mass is 222 g/mol. The molecule has 1 aromatic carbocycles. The minimum atomic E-state index is -4.32. The van der Waals surface area contributed by atoms with Crippen LogP contribution in [0.3, 0.4) is 0 Å². The summed E-state index contributed by atoms with van der Waals surface area (Å²) >= 11 is 5.73. The van der Waals surface area contributed by atoms with Crippen LogP contribution in [0.2, 0.25) is 5.02 Å². The molecule has 0 aromatic heterocycles. The number of alkyl halides is 3. The Kier molecular flexibility index (Phi) is 3.10. The summed E-state index contributed by atoms with van der Waals surface area (Å²) in [5.74, 6) is 0.129. The molecule has 0 aliphatic carbocycles. The fourth-order valence-electron chi connectivity index (χ4n) is 1.17. The second kappa shape index (κ2) is 3.81. The van der Waals surface area contributed by atoms with E-state index in [-0.39, 0.29) is 10.9 Å². The van der Waals surface area contributed by atoms with Gasteiger partial charge in [0, 0.05) is 5.02 Å². The van der Waals surface area contributed by atoms with Crippen LogP contribution in [-0.4, -0.2) is 0 Å². The van der Waals surface area contributed by atoms with Gasteiger partial charge < -0.3 is 0 Å². The predicted octanol–water partition coefficient (Wildman–Crippen LogP) is 4.48. The van der Waals surface area contributed by atoms with E-state index < -0.39 is 11.7 Å². The average molecular weight is 223 g/mol. The molecule has 0 fully saturated rings. The van der Waals surface area contributed by atoms with Gasteiger partial charge in [-0.3, -0.25) is 0 Å². The molecule has 0 saturated heterocycles. The van der Waals surface area contributed by atoms with Crippen molar-refractivity contribution in [1.29, 1.82) is 0 Å². The van der Waals surface area contributed by atoms with Gasteiger partial charge in [0.1, 0.15) is 0 Å². The highest BCUT2D eigenvalue weighted by molar-refractivity contribution is 6.31. The van der Waals surface area contributed by atoms with Gasteiger partial charge >= 0.3 is 6.18 Å². The Balaban J connectivity index is 3.13. The summed E-state index contributed by atoms with van der Waals surface area (Å²) in [5, 5.41) is 0.176. The minimum absolute atomic E-state index is 0.129. The smallest absolute Gasteiger partial charge is 0.166 e. The van der Waals surface area contributed by atoms with Crippen molar-refractivity contribution < 1.29 is 13.2 Å². The number of hydrogen-bond acceptors (Lipinski definition) is 0.